The molecule has 0 saturated carbocycles. The van der Waals surface area contributed by atoms with Gasteiger partial charge >= 0.3 is 0 Å². The highest BCUT2D eigenvalue weighted by Gasteiger charge is 2.19. The van der Waals surface area contributed by atoms with Gasteiger partial charge in [-0.15, -0.1) is 0 Å². The summed E-state index contributed by atoms with van der Waals surface area (Å²) in [7, 11) is 0. The molecule has 110 valence electrons. The maximum Gasteiger partial charge on any atom is 0.293 e. The third-order valence-electron chi connectivity index (χ3n) is 2.98. The van der Waals surface area contributed by atoms with E-state index in [9.17, 15) is 10.1 Å². The van der Waals surface area contributed by atoms with Crippen LogP contribution in [0, 0.1) is 10.1 Å². The number of anilines is 1. The van der Waals surface area contributed by atoms with Gasteiger partial charge in [-0.2, -0.15) is 0 Å². The second-order valence-electron chi connectivity index (χ2n) is 4.43. The van der Waals surface area contributed by atoms with Crippen molar-refractivity contribution in [3.8, 4) is 0 Å². The molecule has 0 aliphatic heterocycles. The van der Waals surface area contributed by atoms with Crippen LogP contribution in [0.25, 0.3) is 0 Å². The third kappa shape index (κ3) is 3.59. The van der Waals surface area contributed by atoms with Gasteiger partial charge in [-0.05, 0) is 24.6 Å². The fourth-order valence-electron chi connectivity index (χ4n) is 1.94. The van der Waals surface area contributed by atoms with E-state index < -0.39 is 4.92 Å². The Labute approximate surface area is 136 Å². The highest BCUT2D eigenvalue weighted by Crippen LogP contribution is 2.36. The lowest BCUT2D eigenvalue weighted by Crippen LogP contribution is -2.09. The summed E-state index contributed by atoms with van der Waals surface area (Å²) < 4.78 is 0. The molecule has 21 heavy (non-hydrogen) atoms. The zero-order valence-corrected chi connectivity index (χ0v) is 13.2. The number of hydrogen-bond donors (Lipinski definition) is 1. The van der Waals surface area contributed by atoms with E-state index >= 15 is 0 Å². The van der Waals surface area contributed by atoms with E-state index in [1.807, 2.05) is 25.1 Å². The summed E-state index contributed by atoms with van der Waals surface area (Å²) in [5, 5.41) is 15.1. The number of hydrogen-bond acceptors (Lipinski definition) is 3. The Balaban J connectivity index is 2.37. The number of nitro groups is 1. The average Bonchev–Trinajstić information content (AvgIpc) is 2.42. The molecule has 0 fully saturated rings. The molecule has 1 atom stereocenters. The first-order valence-electron chi connectivity index (χ1n) is 6.04. The molecule has 0 aromatic heterocycles. The molecule has 1 unspecified atom stereocenters. The quantitative estimate of drug-likeness (QED) is 0.569. The van der Waals surface area contributed by atoms with Gasteiger partial charge in [0.15, 0.2) is 0 Å². The molecule has 7 heteroatoms. The first-order chi connectivity index (χ1) is 9.90. The standard InChI is InChI=1S/C14H11Cl3N2O2/c1-8(9-4-2-3-5-10(9)15)18-13-6-11(16)12(17)7-14(13)19(20)21/h2-8,18H,1H3. The lowest BCUT2D eigenvalue weighted by Gasteiger charge is -2.17. The van der Waals surface area contributed by atoms with Crippen LogP contribution in [0.1, 0.15) is 18.5 Å². The molecule has 2 aromatic carbocycles. The number of halogens is 3. The summed E-state index contributed by atoms with van der Waals surface area (Å²) in [6, 6.07) is 9.72. The molecule has 2 aromatic rings. The Hall–Kier alpha value is -1.49. The average molecular weight is 346 g/mol. The Morgan fingerprint density at radius 3 is 2.33 bits per heavy atom. The predicted molar refractivity (Wildman–Crippen MR) is 86.6 cm³/mol. The van der Waals surface area contributed by atoms with E-state index in [1.54, 1.807) is 6.07 Å². The SMILES string of the molecule is CC(Nc1cc(Cl)c(Cl)cc1[N+](=O)[O-])c1ccccc1Cl. The van der Waals surface area contributed by atoms with E-state index in [4.69, 9.17) is 34.8 Å². The molecule has 0 heterocycles. The highest BCUT2D eigenvalue weighted by molar-refractivity contribution is 6.42. The minimum absolute atomic E-state index is 0.136. The Morgan fingerprint density at radius 1 is 1.10 bits per heavy atom. The first-order valence-corrected chi connectivity index (χ1v) is 7.18. The molecular weight excluding hydrogens is 335 g/mol. The van der Waals surface area contributed by atoms with Crippen LogP contribution in [0.4, 0.5) is 11.4 Å². The molecular formula is C14H11Cl3N2O2. The van der Waals surface area contributed by atoms with E-state index in [0.717, 1.165) is 5.56 Å². The Bertz CT molecular complexity index is 692. The monoisotopic (exact) mass is 344 g/mol. The van der Waals surface area contributed by atoms with Gasteiger partial charge in [0, 0.05) is 11.1 Å². The van der Waals surface area contributed by atoms with Crippen LogP contribution < -0.4 is 5.32 Å². The van der Waals surface area contributed by atoms with E-state index in [0.29, 0.717) is 10.7 Å². The number of nitrogens with zero attached hydrogens (tertiary/aromatic N) is 1. The van der Waals surface area contributed by atoms with Crippen LogP contribution in [-0.2, 0) is 0 Å². The molecule has 0 saturated heterocycles. The summed E-state index contributed by atoms with van der Waals surface area (Å²) in [6.45, 7) is 1.85. The van der Waals surface area contributed by atoms with Crippen LogP contribution in [0.2, 0.25) is 15.1 Å². The Kier molecular flexibility index (Phi) is 4.93. The van der Waals surface area contributed by atoms with Gasteiger partial charge in [0.1, 0.15) is 5.69 Å². The van der Waals surface area contributed by atoms with Crippen molar-refractivity contribution < 1.29 is 4.92 Å². The van der Waals surface area contributed by atoms with Crippen LogP contribution in [0.5, 0.6) is 0 Å². The minimum Gasteiger partial charge on any atom is -0.373 e. The smallest absolute Gasteiger partial charge is 0.293 e. The second kappa shape index (κ2) is 6.52. The molecule has 0 aliphatic rings. The zero-order chi connectivity index (χ0) is 15.6. The van der Waals surface area contributed by atoms with Crippen molar-refractivity contribution in [2.45, 2.75) is 13.0 Å². The lowest BCUT2D eigenvalue weighted by molar-refractivity contribution is -0.384. The van der Waals surface area contributed by atoms with Crippen LogP contribution in [0.15, 0.2) is 36.4 Å². The van der Waals surface area contributed by atoms with Crippen molar-refractivity contribution in [1.82, 2.24) is 0 Å². The molecule has 0 spiro atoms. The second-order valence-corrected chi connectivity index (χ2v) is 5.65. The largest absolute Gasteiger partial charge is 0.373 e. The summed E-state index contributed by atoms with van der Waals surface area (Å²) in [5.41, 5.74) is 0.990. The van der Waals surface area contributed by atoms with Crippen LogP contribution in [-0.4, -0.2) is 4.92 Å². The van der Waals surface area contributed by atoms with Gasteiger partial charge in [-0.1, -0.05) is 53.0 Å². The third-order valence-corrected chi connectivity index (χ3v) is 4.05. The van der Waals surface area contributed by atoms with Gasteiger partial charge in [0.2, 0.25) is 0 Å². The number of benzene rings is 2. The summed E-state index contributed by atoms with van der Waals surface area (Å²) >= 11 is 17.9. The van der Waals surface area contributed by atoms with Crippen molar-refractivity contribution in [3.63, 3.8) is 0 Å². The van der Waals surface area contributed by atoms with E-state index in [-0.39, 0.29) is 21.8 Å². The molecule has 0 aliphatic carbocycles. The van der Waals surface area contributed by atoms with Crippen molar-refractivity contribution in [2.75, 3.05) is 5.32 Å². The van der Waals surface area contributed by atoms with Crippen LogP contribution in [0.3, 0.4) is 0 Å². The number of nitro benzene ring substituents is 1. The molecule has 1 N–H and O–H groups in total. The fourth-order valence-corrected chi connectivity index (χ4v) is 2.56. The maximum atomic E-state index is 11.1. The topological polar surface area (TPSA) is 55.2 Å². The van der Waals surface area contributed by atoms with Gasteiger partial charge in [0.05, 0.1) is 21.0 Å². The van der Waals surface area contributed by atoms with Crippen molar-refractivity contribution >= 4 is 46.2 Å². The summed E-state index contributed by atoms with van der Waals surface area (Å²) in [6.07, 6.45) is 0. The lowest BCUT2D eigenvalue weighted by atomic mass is 10.1. The van der Waals surface area contributed by atoms with Gasteiger partial charge in [-0.3, -0.25) is 10.1 Å². The minimum atomic E-state index is -0.510. The van der Waals surface area contributed by atoms with Gasteiger partial charge < -0.3 is 5.32 Å². The normalized spacial score (nSPS) is 12.0. The number of rotatable bonds is 4. The molecule has 0 bridgehead atoms. The molecule has 0 amide bonds. The Morgan fingerprint density at radius 2 is 1.71 bits per heavy atom. The summed E-state index contributed by atoms with van der Waals surface area (Å²) in [4.78, 5) is 10.6. The zero-order valence-electron chi connectivity index (χ0n) is 10.9. The van der Waals surface area contributed by atoms with Gasteiger partial charge in [0.25, 0.3) is 5.69 Å². The van der Waals surface area contributed by atoms with Crippen molar-refractivity contribution in [2.24, 2.45) is 0 Å². The van der Waals surface area contributed by atoms with Crippen molar-refractivity contribution in [1.29, 1.82) is 0 Å². The predicted octanol–water partition coefficient (Wildman–Crippen LogP) is 5.73. The molecule has 2 rings (SSSR count). The van der Waals surface area contributed by atoms with Crippen LogP contribution >= 0.6 is 34.8 Å². The van der Waals surface area contributed by atoms with E-state index in [1.165, 1.54) is 12.1 Å². The fraction of sp³-hybridized carbons (Fsp3) is 0.143. The first kappa shape index (κ1) is 15.9. The maximum absolute atomic E-state index is 11.1. The highest BCUT2D eigenvalue weighted by atomic mass is 35.5. The van der Waals surface area contributed by atoms with Crippen molar-refractivity contribution in [3.05, 3.63) is 67.1 Å². The summed E-state index contributed by atoms with van der Waals surface area (Å²) in [5.74, 6) is 0. The van der Waals surface area contributed by atoms with E-state index in [2.05, 4.69) is 5.32 Å². The number of nitrogens with one attached hydrogen (secondary N) is 1. The molecule has 0 radical (unpaired) electrons. The van der Waals surface area contributed by atoms with Gasteiger partial charge in [-0.25, -0.2) is 0 Å². The molecule has 4 nitrogen and oxygen atoms in total.